The molecule has 0 spiro atoms. The zero-order chi connectivity index (χ0) is 20.9. The van der Waals surface area contributed by atoms with Crippen molar-refractivity contribution in [2.45, 2.75) is 12.5 Å². The first-order chi connectivity index (χ1) is 14.7. The maximum Gasteiger partial charge on any atom is 0.243 e. The summed E-state index contributed by atoms with van der Waals surface area (Å²) in [5, 5.41) is 12.8. The SMILES string of the molecule is C[NH+]1CCN(c2nc3ccccc3nc2[C@H](C#N)C(=O)NCc2ccccc2)CC1. The number of carbonyl (C=O) groups excluding carboxylic acids is 1. The summed E-state index contributed by atoms with van der Waals surface area (Å²) in [6.07, 6.45) is 0. The van der Waals surface area contributed by atoms with Gasteiger partial charge in [0.05, 0.1) is 50.3 Å². The zero-order valence-electron chi connectivity index (χ0n) is 17.0. The fourth-order valence-corrected chi connectivity index (χ4v) is 3.66. The number of fused-ring (bicyclic) bond motifs is 1. The third kappa shape index (κ3) is 4.24. The van der Waals surface area contributed by atoms with Crippen LogP contribution < -0.4 is 15.1 Å². The molecule has 0 saturated carbocycles. The van der Waals surface area contributed by atoms with Crippen LogP contribution in [0.4, 0.5) is 5.82 Å². The van der Waals surface area contributed by atoms with E-state index >= 15 is 0 Å². The molecule has 4 rings (SSSR count). The van der Waals surface area contributed by atoms with Gasteiger partial charge in [0, 0.05) is 6.54 Å². The van der Waals surface area contributed by atoms with Gasteiger partial charge in [-0.1, -0.05) is 42.5 Å². The van der Waals surface area contributed by atoms with E-state index in [0.29, 0.717) is 23.6 Å². The number of carbonyl (C=O) groups is 1. The Bertz CT molecular complexity index is 1070. The molecule has 1 aromatic heterocycles. The lowest BCUT2D eigenvalue weighted by Crippen LogP contribution is -3.12. The summed E-state index contributed by atoms with van der Waals surface area (Å²) >= 11 is 0. The van der Waals surface area contributed by atoms with Crippen LogP contribution in [-0.2, 0) is 11.3 Å². The summed E-state index contributed by atoms with van der Waals surface area (Å²) in [6.45, 7) is 3.95. The fraction of sp³-hybridized carbons (Fsp3) is 0.304. The van der Waals surface area contributed by atoms with Crippen molar-refractivity contribution >= 4 is 22.8 Å². The van der Waals surface area contributed by atoms with E-state index in [-0.39, 0.29) is 5.91 Å². The number of nitrogens with zero attached hydrogens (tertiary/aromatic N) is 4. The Labute approximate surface area is 176 Å². The van der Waals surface area contributed by atoms with Gasteiger partial charge in [0.2, 0.25) is 5.91 Å². The number of para-hydroxylation sites is 2. The largest absolute Gasteiger partial charge is 0.351 e. The Morgan fingerprint density at radius 1 is 1.10 bits per heavy atom. The van der Waals surface area contributed by atoms with E-state index < -0.39 is 5.92 Å². The molecule has 2 N–H and O–H groups in total. The Balaban J connectivity index is 1.66. The highest BCUT2D eigenvalue weighted by Crippen LogP contribution is 2.27. The number of piperazine rings is 1. The molecule has 1 aliphatic rings. The zero-order valence-corrected chi connectivity index (χ0v) is 17.0. The van der Waals surface area contributed by atoms with Crippen LogP contribution in [0.15, 0.2) is 54.6 Å². The van der Waals surface area contributed by atoms with Crippen LogP contribution in [0.2, 0.25) is 0 Å². The number of quaternary nitrogens is 1. The molecule has 1 aliphatic heterocycles. The van der Waals surface area contributed by atoms with E-state index in [1.165, 1.54) is 4.90 Å². The number of aromatic nitrogens is 2. The molecular weight excluding hydrogens is 376 g/mol. The number of anilines is 1. The van der Waals surface area contributed by atoms with Crippen molar-refractivity contribution in [1.82, 2.24) is 15.3 Å². The third-order valence-corrected chi connectivity index (χ3v) is 5.47. The first kappa shape index (κ1) is 19.8. The molecule has 0 radical (unpaired) electrons. The molecule has 0 unspecified atom stereocenters. The quantitative estimate of drug-likeness (QED) is 0.663. The van der Waals surface area contributed by atoms with Crippen molar-refractivity contribution in [2.75, 3.05) is 38.1 Å². The number of likely N-dealkylation sites (N-methyl/N-ethyl adjacent to an activating group) is 1. The van der Waals surface area contributed by atoms with Gasteiger partial charge in [-0.05, 0) is 17.7 Å². The van der Waals surface area contributed by atoms with Gasteiger partial charge in [0.15, 0.2) is 11.7 Å². The third-order valence-electron chi connectivity index (χ3n) is 5.47. The molecule has 2 heterocycles. The van der Waals surface area contributed by atoms with Crippen LogP contribution in [0.25, 0.3) is 11.0 Å². The summed E-state index contributed by atoms with van der Waals surface area (Å²) in [5.74, 6) is -0.734. The molecule has 0 aliphatic carbocycles. The van der Waals surface area contributed by atoms with E-state index in [2.05, 4.69) is 23.3 Å². The van der Waals surface area contributed by atoms with Gasteiger partial charge in [-0.3, -0.25) is 4.79 Å². The van der Waals surface area contributed by atoms with Crippen molar-refractivity contribution in [3.63, 3.8) is 0 Å². The minimum absolute atomic E-state index is 0.355. The number of amides is 1. The van der Waals surface area contributed by atoms with Crippen molar-refractivity contribution in [3.05, 3.63) is 65.9 Å². The van der Waals surface area contributed by atoms with Gasteiger partial charge < -0.3 is 15.1 Å². The molecule has 1 amide bonds. The second-order valence-corrected chi connectivity index (χ2v) is 7.63. The van der Waals surface area contributed by atoms with Crippen LogP contribution in [0.3, 0.4) is 0 Å². The summed E-state index contributed by atoms with van der Waals surface area (Å²) in [7, 11) is 2.17. The highest BCUT2D eigenvalue weighted by atomic mass is 16.1. The average Bonchev–Trinajstić information content (AvgIpc) is 2.79. The molecule has 1 saturated heterocycles. The molecule has 7 heteroatoms. The summed E-state index contributed by atoms with van der Waals surface area (Å²) in [4.78, 5) is 26.1. The minimum atomic E-state index is -1.02. The maximum atomic E-state index is 12.9. The number of hydrogen-bond acceptors (Lipinski definition) is 5. The summed E-state index contributed by atoms with van der Waals surface area (Å²) in [5.41, 5.74) is 2.87. The van der Waals surface area contributed by atoms with Crippen LogP contribution in [0.5, 0.6) is 0 Å². The smallest absolute Gasteiger partial charge is 0.243 e. The highest BCUT2D eigenvalue weighted by Gasteiger charge is 2.30. The normalized spacial score (nSPS) is 15.5. The number of nitrogens with one attached hydrogen (secondary N) is 2. The van der Waals surface area contributed by atoms with Gasteiger partial charge in [0.1, 0.15) is 5.69 Å². The van der Waals surface area contributed by atoms with E-state index in [4.69, 9.17) is 9.97 Å². The van der Waals surface area contributed by atoms with Gasteiger partial charge in [-0.15, -0.1) is 0 Å². The molecule has 0 bridgehead atoms. The molecule has 2 aromatic carbocycles. The first-order valence-corrected chi connectivity index (χ1v) is 10.2. The van der Waals surface area contributed by atoms with Crippen LogP contribution in [0, 0.1) is 11.3 Å². The Hall–Kier alpha value is -3.50. The molecule has 3 aromatic rings. The molecule has 1 atom stereocenters. The lowest BCUT2D eigenvalue weighted by Gasteiger charge is -2.32. The molecule has 30 heavy (non-hydrogen) atoms. The van der Waals surface area contributed by atoms with Crippen LogP contribution >= 0.6 is 0 Å². The second-order valence-electron chi connectivity index (χ2n) is 7.63. The van der Waals surface area contributed by atoms with Gasteiger partial charge in [-0.25, -0.2) is 9.97 Å². The monoisotopic (exact) mass is 401 g/mol. The standard InChI is InChI=1S/C23H24N6O/c1-28-11-13-29(14-12-28)22-21(26-19-9-5-6-10-20(19)27-22)18(15-24)23(30)25-16-17-7-3-2-4-8-17/h2-10,18H,11-14,16H2,1H3,(H,25,30)/p+1/t18-/m0/s1. The molecule has 7 nitrogen and oxygen atoms in total. The average molecular weight is 401 g/mol. The van der Waals surface area contributed by atoms with Crippen LogP contribution in [-0.4, -0.2) is 49.1 Å². The van der Waals surface area contributed by atoms with Crippen LogP contribution in [0.1, 0.15) is 17.2 Å². The first-order valence-electron chi connectivity index (χ1n) is 10.2. The number of rotatable bonds is 5. The lowest BCUT2D eigenvalue weighted by atomic mass is 10.0. The van der Waals surface area contributed by atoms with Crippen molar-refractivity contribution in [1.29, 1.82) is 5.26 Å². The Morgan fingerprint density at radius 2 is 1.73 bits per heavy atom. The van der Waals surface area contributed by atoms with Gasteiger partial charge >= 0.3 is 0 Å². The second kappa shape index (κ2) is 8.89. The van der Waals surface area contributed by atoms with Crippen molar-refractivity contribution < 1.29 is 9.69 Å². The van der Waals surface area contributed by atoms with E-state index in [9.17, 15) is 10.1 Å². The predicted octanol–water partition coefficient (Wildman–Crippen LogP) is 0.888. The number of nitriles is 1. The number of benzene rings is 2. The topological polar surface area (TPSA) is 86.3 Å². The van der Waals surface area contributed by atoms with Gasteiger partial charge in [0.25, 0.3) is 0 Å². The van der Waals surface area contributed by atoms with Crippen molar-refractivity contribution in [3.8, 4) is 6.07 Å². The fourth-order valence-electron chi connectivity index (χ4n) is 3.66. The lowest BCUT2D eigenvalue weighted by molar-refractivity contribution is -0.880. The predicted molar refractivity (Wildman–Crippen MR) is 115 cm³/mol. The Morgan fingerprint density at radius 3 is 2.40 bits per heavy atom. The highest BCUT2D eigenvalue weighted by molar-refractivity contribution is 5.88. The van der Waals surface area contributed by atoms with Crippen molar-refractivity contribution in [2.24, 2.45) is 0 Å². The van der Waals surface area contributed by atoms with E-state index in [1.54, 1.807) is 0 Å². The Kier molecular flexibility index (Phi) is 5.87. The van der Waals surface area contributed by atoms with E-state index in [0.717, 1.165) is 37.3 Å². The molecule has 1 fully saturated rings. The maximum absolute atomic E-state index is 12.9. The summed E-state index contributed by atoms with van der Waals surface area (Å²) in [6, 6.07) is 19.4. The molecule has 152 valence electrons. The van der Waals surface area contributed by atoms with E-state index in [1.807, 2.05) is 54.6 Å². The van der Waals surface area contributed by atoms with Gasteiger partial charge in [-0.2, -0.15) is 5.26 Å². The minimum Gasteiger partial charge on any atom is -0.351 e. The summed E-state index contributed by atoms with van der Waals surface area (Å²) < 4.78 is 0. The molecular formula is C23H25N6O+. The number of hydrogen-bond donors (Lipinski definition) is 2.